The van der Waals surface area contributed by atoms with Gasteiger partial charge in [-0.3, -0.25) is 14.5 Å². The van der Waals surface area contributed by atoms with Gasteiger partial charge in [0.05, 0.1) is 39.0 Å². The summed E-state index contributed by atoms with van der Waals surface area (Å²) < 4.78 is 7.35. The molecule has 0 unspecified atom stereocenters. The Morgan fingerprint density at radius 2 is 1.45 bits per heavy atom. The van der Waals surface area contributed by atoms with E-state index in [1.807, 2.05) is 0 Å². The summed E-state index contributed by atoms with van der Waals surface area (Å²) in [6.07, 6.45) is 4.49. The van der Waals surface area contributed by atoms with Crippen LogP contribution in [-0.4, -0.2) is 182 Å². The van der Waals surface area contributed by atoms with E-state index in [0.717, 1.165) is 78.2 Å². The van der Waals surface area contributed by atoms with Gasteiger partial charge in [0.1, 0.15) is 5.69 Å². The van der Waals surface area contributed by atoms with Gasteiger partial charge in [0.15, 0.2) is 0 Å². The molecule has 1 saturated heterocycles. The molecule has 292 valence electrons. The Labute approximate surface area is 303 Å². The molecule has 2 rings (SSSR count). The van der Waals surface area contributed by atoms with Gasteiger partial charge < -0.3 is 51.1 Å². The summed E-state index contributed by atoms with van der Waals surface area (Å²) >= 11 is 0. The van der Waals surface area contributed by atoms with Gasteiger partial charge in [-0.05, 0) is 53.2 Å². The Hall–Kier alpha value is -3.58. The first kappa shape index (κ1) is 43.6. The predicted molar refractivity (Wildman–Crippen MR) is 194 cm³/mol. The molecule has 6 N–H and O–H groups in total. The maximum Gasteiger partial charge on any atom is 0.315 e. The summed E-state index contributed by atoms with van der Waals surface area (Å²) in [6.45, 7) is 16.0. The van der Waals surface area contributed by atoms with E-state index < -0.39 is 5.97 Å². The SMILES string of the molecule is CCN1CCN(C)CCN(C)CCN(CC(=O)NCCOCCn2cc(CNC(=O)NCCCCCNC(=O)N[C@H](C)CCC(=O)O)nn2)CC1. The Bertz CT molecular complexity index is 1140. The summed E-state index contributed by atoms with van der Waals surface area (Å²) in [7, 11) is 4.32. The molecule has 0 aromatic carbocycles. The summed E-state index contributed by atoms with van der Waals surface area (Å²) in [5.41, 5.74) is 0.626. The van der Waals surface area contributed by atoms with Crippen LogP contribution in [0.25, 0.3) is 0 Å². The highest BCUT2D eigenvalue weighted by atomic mass is 16.5. The molecule has 1 atom stereocenters. The van der Waals surface area contributed by atoms with Crippen LogP contribution in [0.1, 0.15) is 51.6 Å². The molecular formula is C33H64N12O6. The molecule has 0 saturated carbocycles. The van der Waals surface area contributed by atoms with E-state index in [0.29, 0.717) is 58.1 Å². The van der Waals surface area contributed by atoms with Crippen molar-refractivity contribution in [2.75, 3.05) is 112 Å². The number of unbranched alkanes of at least 4 members (excludes halogenated alkanes) is 2. The van der Waals surface area contributed by atoms with Crippen molar-refractivity contribution in [3.63, 3.8) is 0 Å². The van der Waals surface area contributed by atoms with Crippen molar-refractivity contribution >= 4 is 23.9 Å². The maximum atomic E-state index is 12.7. The second kappa shape index (κ2) is 26.2. The Morgan fingerprint density at radius 3 is 2.14 bits per heavy atom. The number of aromatic nitrogens is 3. The van der Waals surface area contributed by atoms with Crippen molar-refractivity contribution in [3.8, 4) is 0 Å². The number of urea groups is 2. The maximum absolute atomic E-state index is 12.7. The smallest absolute Gasteiger partial charge is 0.315 e. The largest absolute Gasteiger partial charge is 0.481 e. The minimum atomic E-state index is -0.886. The molecule has 5 amide bonds. The zero-order chi connectivity index (χ0) is 37.3. The van der Waals surface area contributed by atoms with Crippen LogP contribution >= 0.6 is 0 Å². The molecule has 1 aromatic heterocycles. The molecular weight excluding hydrogens is 660 g/mol. The van der Waals surface area contributed by atoms with Crippen LogP contribution in [0.4, 0.5) is 9.59 Å². The normalized spacial score (nSPS) is 16.4. The Morgan fingerprint density at radius 1 is 0.824 bits per heavy atom. The quantitative estimate of drug-likeness (QED) is 0.0884. The van der Waals surface area contributed by atoms with Gasteiger partial charge in [0.25, 0.3) is 0 Å². The van der Waals surface area contributed by atoms with E-state index in [2.05, 4.69) is 77.5 Å². The fraction of sp³-hybridized carbons (Fsp3) is 0.818. The number of rotatable bonds is 21. The van der Waals surface area contributed by atoms with Crippen LogP contribution in [0.5, 0.6) is 0 Å². The van der Waals surface area contributed by atoms with Gasteiger partial charge in [0.2, 0.25) is 5.91 Å². The van der Waals surface area contributed by atoms with Crippen LogP contribution in [0.3, 0.4) is 0 Å². The zero-order valence-electron chi connectivity index (χ0n) is 31.3. The molecule has 51 heavy (non-hydrogen) atoms. The van der Waals surface area contributed by atoms with Crippen LogP contribution in [0, 0.1) is 0 Å². The first-order chi connectivity index (χ1) is 24.5. The fourth-order valence-corrected chi connectivity index (χ4v) is 5.23. The number of nitrogens with zero attached hydrogens (tertiary/aromatic N) is 7. The number of hydrogen-bond acceptors (Lipinski definition) is 11. The van der Waals surface area contributed by atoms with E-state index in [-0.39, 0.29) is 37.0 Å². The number of aliphatic carboxylic acids is 1. The van der Waals surface area contributed by atoms with Crippen molar-refractivity contribution in [2.24, 2.45) is 0 Å². The van der Waals surface area contributed by atoms with Crippen molar-refractivity contribution in [2.45, 2.75) is 65.1 Å². The van der Waals surface area contributed by atoms with Crippen molar-refractivity contribution in [1.29, 1.82) is 0 Å². The Balaban J connectivity index is 1.50. The van der Waals surface area contributed by atoms with E-state index >= 15 is 0 Å². The highest BCUT2D eigenvalue weighted by Crippen LogP contribution is 2.00. The lowest BCUT2D eigenvalue weighted by molar-refractivity contribution is -0.137. The number of ether oxygens (including phenoxy) is 1. The highest BCUT2D eigenvalue weighted by Gasteiger charge is 2.15. The van der Waals surface area contributed by atoms with Gasteiger partial charge in [-0.1, -0.05) is 12.1 Å². The van der Waals surface area contributed by atoms with Crippen molar-refractivity contribution < 1.29 is 29.0 Å². The lowest BCUT2D eigenvalue weighted by Gasteiger charge is -2.31. The third-order valence-electron chi connectivity index (χ3n) is 8.65. The fourth-order valence-electron chi connectivity index (χ4n) is 5.23. The molecule has 0 aliphatic carbocycles. The summed E-state index contributed by atoms with van der Waals surface area (Å²) in [5.74, 6) is -0.880. The molecule has 0 spiro atoms. The minimum absolute atomic E-state index is 0.00534. The van der Waals surface area contributed by atoms with Gasteiger partial charge in [-0.25, -0.2) is 14.3 Å². The first-order valence-electron chi connectivity index (χ1n) is 18.4. The molecule has 18 heteroatoms. The minimum Gasteiger partial charge on any atom is -0.481 e. The molecule has 0 bridgehead atoms. The number of carboxylic acids is 1. The standard InChI is InChI=1S/C33H64N12O6/c1-5-43-18-16-41(3)14-15-42(4)17-19-44(21-20-43)27-30(46)34-13-23-51-24-22-45-26-29(39-40-45)25-37-32(49)35-11-7-6-8-12-36-33(50)38-28(2)9-10-31(47)48/h26,28H,5-25,27H2,1-4H3,(H,34,46)(H,47,48)(H2,35,37,49)(H2,36,38,50)/t28-/m1/s1. The highest BCUT2D eigenvalue weighted by molar-refractivity contribution is 5.78. The average Bonchev–Trinajstić information content (AvgIpc) is 3.55. The zero-order valence-corrected chi connectivity index (χ0v) is 31.3. The average molecular weight is 725 g/mol. The number of likely N-dealkylation sites (N-methyl/N-ethyl adjacent to an activating group) is 3. The van der Waals surface area contributed by atoms with Crippen LogP contribution < -0.4 is 26.6 Å². The number of amides is 5. The molecule has 1 aromatic rings. The molecule has 1 aliphatic heterocycles. The number of carbonyl (C=O) groups excluding carboxylic acids is 3. The van der Waals surface area contributed by atoms with E-state index in [1.54, 1.807) is 17.8 Å². The van der Waals surface area contributed by atoms with Crippen LogP contribution in [-0.2, 0) is 27.4 Å². The third kappa shape index (κ3) is 22.1. The van der Waals surface area contributed by atoms with Gasteiger partial charge >= 0.3 is 18.0 Å². The van der Waals surface area contributed by atoms with Crippen molar-refractivity contribution in [3.05, 3.63) is 11.9 Å². The number of carbonyl (C=O) groups is 4. The van der Waals surface area contributed by atoms with Gasteiger partial charge in [0, 0.05) is 84.5 Å². The number of carboxylic acid groups (broad SMARTS) is 1. The van der Waals surface area contributed by atoms with Crippen molar-refractivity contribution in [1.82, 2.24) is 61.2 Å². The predicted octanol–water partition coefficient (Wildman–Crippen LogP) is -0.566. The number of hydrogen-bond donors (Lipinski definition) is 6. The first-order valence-corrected chi connectivity index (χ1v) is 18.4. The second-order valence-electron chi connectivity index (χ2n) is 13.2. The molecule has 1 fully saturated rings. The van der Waals surface area contributed by atoms with E-state index in [1.165, 1.54) is 0 Å². The summed E-state index contributed by atoms with van der Waals surface area (Å²) in [5, 5.41) is 30.9. The van der Waals surface area contributed by atoms with Crippen LogP contribution in [0.15, 0.2) is 6.20 Å². The van der Waals surface area contributed by atoms with E-state index in [4.69, 9.17) is 9.84 Å². The molecule has 2 heterocycles. The van der Waals surface area contributed by atoms with Gasteiger partial charge in [-0.15, -0.1) is 5.10 Å². The van der Waals surface area contributed by atoms with Gasteiger partial charge in [-0.2, -0.15) is 0 Å². The molecule has 1 aliphatic rings. The number of nitrogens with one attached hydrogen (secondary N) is 5. The van der Waals surface area contributed by atoms with E-state index in [9.17, 15) is 19.2 Å². The molecule has 18 nitrogen and oxygen atoms in total. The monoisotopic (exact) mass is 725 g/mol. The lowest BCUT2D eigenvalue weighted by Crippen LogP contribution is -2.47. The summed E-state index contributed by atoms with van der Waals surface area (Å²) in [6, 6.07) is -0.826. The topological polar surface area (TPSA) is 202 Å². The molecule has 0 radical (unpaired) electrons. The van der Waals surface area contributed by atoms with Crippen LogP contribution in [0.2, 0.25) is 0 Å². The summed E-state index contributed by atoms with van der Waals surface area (Å²) in [4.78, 5) is 56.6. The second-order valence-corrected chi connectivity index (χ2v) is 13.2. The third-order valence-corrected chi connectivity index (χ3v) is 8.65. The Kier molecular flexibility index (Phi) is 22.4. The lowest BCUT2D eigenvalue weighted by atomic mass is 10.2.